The first-order valence-corrected chi connectivity index (χ1v) is 7.73. The maximum atomic E-state index is 13.5. The number of carbonyl (C=O) groups is 2. The van der Waals surface area contributed by atoms with E-state index >= 15 is 0 Å². The number of esters is 1. The Hall–Kier alpha value is -1.43. The van der Waals surface area contributed by atoms with Gasteiger partial charge in [-0.15, -0.1) is 0 Å². The van der Waals surface area contributed by atoms with Crippen LogP contribution in [0.4, 0.5) is 4.39 Å². The Morgan fingerprint density at radius 1 is 1.38 bits per heavy atom. The number of hydrogen-bond donors (Lipinski definition) is 0. The maximum Gasteiger partial charge on any atom is 0.309 e. The first kappa shape index (κ1) is 15.9. The summed E-state index contributed by atoms with van der Waals surface area (Å²) in [5, 5.41) is 0. The normalized spacial score (nSPS) is 15.9. The molecule has 0 saturated carbocycles. The third-order valence-corrected chi connectivity index (χ3v) is 4.21. The average molecular weight is 358 g/mol. The molecule has 0 radical (unpaired) electrons. The van der Waals surface area contributed by atoms with E-state index in [2.05, 4.69) is 15.9 Å². The second kappa shape index (κ2) is 7.02. The fourth-order valence-corrected chi connectivity index (χ4v) is 2.64. The van der Waals surface area contributed by atoms with E-state index in [9.17, 15) is 14.0 Å². The van der Waals surface area contributed by atoms with E-state index in [1.165, 1.54) is 12.1 Å². The average Bonchev–Trinajstić information content (AvgIpc) is 2.50. The molecule has 0 bridgehead atoms. The molecule has 1 aliphatic heterocycles. The number of hydrogen-bond acceptors (Lipinski definition) is 3. The van der Waals surface area contributed by atoms with Crippen LogP contribution in [0.15, 0.2) is 22.7 Å². The summed E-state index contributed by atoms with van der Waals surface area (Å²) >= 11 is 3.06. The lowest BCUT2D eigenvalue weighted by Crippen LogP contribution is -2.40. The van der Waals surface area contributed by atoms with Crippen LogP contribution in [0, 0.1) is 11.7 Å². The van der Waals surface area contributed by atoms with Crippen molar-refractivity contribution in [1.29, 1.82) is 0 Å². The molecule has 2 rings (SSSR count). The molecular formula is C15H17BrFNO3. The number of benzene rings is 1. The molecule has 1 aromatic rings. The van der Waals surface area contributed by atoms with Gasteiger partial charge in [-0.2, -0.15) is 0 Å². The van der Waals surface area contributed by atoms with Gasteiger partial charge in [-0.05, 0) is 53.9 Å². The summed E-state index contributed by atoms with van der Waals surface area (Å²) in [6.45, 7) is 3.12. The first-order chi connectivity index (χ1) is 10.0. The van der Waals surface area contributed by atoms with Gasteiger partial charge in [-0.1, -0.05) is 0 Å². The van der Waals surface area contributed by atoms with Gasteiger partial charge in [0, 0.05) is 18.7 Å². The molecule has 0 aromatic heterocycles. The van der Waals surface area contributed by atoms with Crippen molar-refractivity contribution >= 4 is 27.8 Å². The van der Waals surface area contributed by atoms with Crippen LogP contribution in [0.2, 0.25) is 0 Å². The number of nitrogens with zero attached hydrogens (tertiary/aromatic N) is 1. The van der Waals surface area contributed by atoms with Gasteiger partial charge >= 0.3 is 5.97 Å². The number of carbonyl (C=O) groups excluding carboxylic acids is 2. The maximum absolute atomic E-state index is 13.5. The zero-order chi connectivity index (χ0) is 15.4. The van der Waals surface area contributed by atoms with Gasteiger partial charge in [0.2, 0.25) is 0 Å². The molecule has 1 fully saturated rings. The monoisotopic (exact) mass is 357 g/mol. The fourth-order valence-electron chi connectivity index (χ4n) is 2.39. The minimum Gasteiger partial charge on any atom is -0.466 e. The lowest BCUT2D eigenvalue weighted by molar-refractivity contribution is -0.149. The van der Waals surface area contributed by atoms with Crippen molar-refractivity contribution < 1.29 is 18.7 Å². The van der Waals surface area contributed by atoms with Gasteiger partial charge < -0.3 is 9.64 Å². The van der Waals surface area contributed by atoms with Crippen LogP contribution in [0.3, 0.4) is 0 Å². The van der Waals surface area contributed by atoms with Crippen LogP contribution in [0.1, 0.15) is 30.1 Å². The van der Waals surface area contributed by atoms with Crippen LogP contribution >= 0.6 is 15.9 Å². The molecule has 1 heterocycles. The van der Waals surface area contributed by atoms with E-state index in [1.807, 2.05) is 0 Å². The highest BCUT2D eigenvalue weighted by Gasteiger charge is 2.28. The minimum absolute atomic E-state index is 0.143. The predicted octanol–water partition coefficient (Wildman–Crippen LogP) is 3.00. The van der Waals surface area contributed by atoms with E-state index in [-0.39, 0.29) is 17.8 Å². The number of likely N-dealkylation sites (tertiary alicyclic amines) is 1. The van der Waals surface area contributed by atoms with E-state index in [0.717, 1.165) is 0 Å². The molecule has 0 unspecified atom stereocenters. The molecule has 114 valence electrons. The van der Waals surface area contributed by atoms with Gasteiger partial charge in [-0.3, -0.25) is 9.59 Å². The van der Waals surface area contributed by atoms with Gasteiger partial charge in [0.25, 0.3) is 5.91 Å². The highest BCUT2D eigenvalue weighted by molar-refractivity contribution is 9.10. The molecular weight excluding hydrogens is 341 g/mol. The highest BCUT2D eigenvalue weighted by atomic mass is 79.9. The van der Waals surface area contributed by atoms with Crippen molar-refractivity contribution in [2.75, 3.05) is 19.7 Å². The number of piperidine rings is 1. The molecule has 0 aliphatic carbocycles. The molecule has 1 aliphatic rings. The van der Waals surface area contributed by atoms with E-state index in [1.54, 1.807) is 17.9 Å². The molecule has 0 atom stereocenters. The summed E-state index contributed by atoms with van der Waals surface area (Å²) < 4.78 is 18.8. The molecule has 0 N–H and O–H groups in total. The first-order valence-electron chi connectivity index (χ1n) is 6.94. The SMILES string of the molecule is CCOC(=O)C1CCN(C(=O)c2ccc(Br)c(F)c2)CC1. The molecule has 1 saturated heterocycles. The molecule has 0 spiro atoms. The predicted molar refractivity (Wildman–Crippen MR) is 79.4 cm³/mol. The largest absolute Gasteiger partial charge is 0.466 e. The van der Waals surface area contributed by atoms with Crippen molar-refractivity contribution in [3.8, 4) is 0 Å². The zero-order valence-electron chi connectivity index (χ0n) is 11.8. The Labute approximate surface area is 131 Å². The Kier molecular flexibility index (Phi) is 5.33. The lowest BCUT2D eigenvalue weighted by Gasteiger charge is -2.31. The second-order valence-corrected chi connectivity index (χ2v) is 5.80. The topological polar surface area (TPSA) is 46.6 Å². The van der Waals surface area contributed by atoms with Gasteiger partial charge in [-0.25, -0.2) is 4.39 Å². The Morgan fingerprint density at radius 3 is 2.62 bits per heavy atom. The summed E-state index contributed by atoms with van der Waals surface area (Å²) in [6.07, 6.45) is 1.17. The Bertz CT molecular complexity index is 542. The molecule has 1 aromatic carbocycles. The van der Waals surface area contributed by atoms with Crippen LogP contribution in [0.5, 0.6) is 0 Å². The number of rotatable bonds is 3. The number of ether oxygens (including phenoxy) is 1. The van der Waals surface area contributed by atoms with Crippen LogP contribution < -0.4 is 0 Å². The van der Waals surface area contributed by atoms with E-state index in [4.69, 9.17) is 4.74 Å². The summed E-state index contributed by atoms with van der Waals surface area (Å²) in [7, 11) is 0. The third kappa shape index (κ3) is 3.81. The van der Waals surface area contributed by atoms with Crippen molar-refractivity contribution in [1.82, 2.24) is 4.90 Å². The van der Waals surface area contributed by atoms with Crippen LogP contribution in [0.25, 0.3) is 0 Å². The van der Waals surface area contributed by atoms with Crippen LogP contribution in [-0.2, 0) is 9.53 Å². The molecule has 21 heavy (non-hydrogen) atoms. The minimum atomic E-state index is -0.456. The Balaban J connectivity index is 1.97. The third-order valence-electron chi connectivity index (χ3n) is 3.57. The quantitative estimate of drug-likeness (QED) is 0.781. The van der Waals surface area contributed by atoms with Crippen molar-refractivity contribution in [3.63, 3.8) is 0 Å². The van der Waals surface area contributed by atoms with Crippen molar-refractivity contribution in [3.05, 3.63) is 34.1 Å². The Morgan fingerprint density at radius 2 is 2.05 bits per heavy atom. The number of halogens is 2. The number of amides is 1. The zero-order valence-corrected chi connectivity index (χ0v) is 13.4. The molecule has 6 heteroatoms. The fraction of sp³-hybridized carbons (Fsp3) is 0.467. The van der Waals surface area contributed by atoms with Gasteiger partial charge in [0.15, 0.2) is 0 Å². The summed E-state index contributed by atoms with van der Waals surface area (Å²) in [5.41, 5.74) is 0.324. The van der Waals surface area contributed by atoms with Gasteiger partial charge in [0.1, 0.15) is 5.82 Å². The van der Waals surface area contributed by atoms with Crippen molar-refractivity contribution in [2.45, 2.75) is 19.8 Å². The lowest BCUT2D eigenvalue weighted by atomic mass is 9.96. The van der Waals surface area contributed by atoms with E-state index in [0.29, 0.717) is 42.6 Å². The molecule has 1 amide bonds. The summed E-state index contributed by atoms with van der Waals surface area (Å²) in [4.78, 5) is 25.6. The molecule has 4 nitrogen and oxygen atoms in total. The van der Waals surface area contributed by atoms with E-state index < -0.39 is 5.82 Å². The van der Waals surface area contributed by atoms with Crippen molar-refractivity contribution in [2.24, 2.45) is 5.92 Å². The van der Waals surface area contributed by atoms with Gasteiger partial charge in [0.05, 0.1) is 17.0 Å². The summed E-state index contributed by atoms with van der Waals surface area (Å²) in [5.74, 6) is -0.999. The highest BCUT2D eigenvalue weighted by Crippen LogP contribution is 2.22. The summed E-state index contributed by atoms with van der Waals surface area (Å²) in [6, 6.07) is 4.34. The second-order valence-electron chi connectivity index (χ2n) is 4.95. The standard InChI is InChI=1S/C15H17BrFNO3/c1-2-21-15(20)10-5-7-18(8-6-10)14(19)11-3-4-12(16)13(17)9-11/h3-4,9-10H,2,5-8H2,1H3. The van der Waals surface area contributed by atoms with Crippen LogP contribution in [-0.4, -0.2) is 36.5 Å². The smallest absolute Gasteiger partial charge is 0.309 e.